The lowest BCUT2D eigenvalue weighted by molar-refractivity contribution is 0.692. The van der Waals surface area contributed by atoms with Gasteiger partial charge in [0, 0.05) is 11.7 Å². The van der Waals surface area contributed by atoms with Crippen molar-refractivity contribution in [2.24, 2.45) is 0 Å². The molecular formula is C9H14N4. The van der Waals surface area contributed by atoms with Crippen LogP contribution in [-0.2, 0) is 0 Å². The third-order valence-corrected chi connectivity index (χ3v) is 2.58. The van der Waals surface area contributed by atoms with Gasteiger partial charge < -0.3 is 11.1 Å². The first kappa shape index (κ1) is 8.29. The van der Waals surface area contributed by atoms with Crippen LogP contribution in [-0.4, -0.2) is 15.5 Å². The Morgan fingerprint density at radius 3 is 2.92 bits per heavy atom. The first-order valence-corrected chi connectivity index (χ1v) is 4.61. The zero-order valence-corrected chi connectivity index (χ0v) is 7.75. The highest BCUT2D eigenvalue weighted by Crippen LogP contribution is 2.40. The SMILES string of the molecule is CCC1(Nc2nccc(N)n2)CC1. The molecule has 1 heterocycles. The molecule has 13 heavy (non-hydrogen) atoms. The highest BCUT2D eigenvalue weighted by atomic mass is 15.2. The van der Waals surface area contributed by atoms with Crippen molar-refractivity contribution >= 4 is 11.8 Å². The van der Waals surface area contributed by atoms with E-state index in [1.54, 1.807) is 12.3 Å². The number of hydrogen-bond donors (Lipinski definition) is 2. The van der Waals surface area contributed by atoms with Crippen LogP contribution < -0.4 is 11.1 Å². The summed E-state index contributed by atoms with van der Waals surface area (Å²) in [5.74, 6) is 1.17. The molecule has 1 fully saturated rings. The van der Waals surface area contributed by atoms with E-state index in [1.165, 1.54) is 12.8 Å². The molecule has 0 aliphatic heterocycles. The summed E-state index contributed by atoms with van der Waals surface area (Å²) in [6, 6.07) is 1.69. The minimum absolute atomic E-state index is 0.258. The summed E-state index contributed by atoms with van der Waals surface area (Å²) in [7, 11) is 0. The van der Waals surface area contributed by atoms with Crippen molar-refractivity contribution < 1.29 is 0 Å². The lowest BCUT2D eigenvalue weighted by atomic mass is 10.2. The zero-order chi connectivity index (χ0) is 9.31. The molecule has 1 aliphatic rings. The van der Waals surface area contributed by atoms with Crippen LogP contribution in [0.1, 0.15) is 26.2 Å². The molecule has 0 saturated heterocycles. The van der Waals surface area contributed by atoms with Gasteiger partial charge in [-0.3, -0.25) is 0 Å². The molecule has 3 N–H and O–H groups in total. The summed E-state index contributed by atoms with van der Waals surface area (Å²) in [6.45, 7) is 2.17. The summed E-state index contributed by atoms with van der Waals surface area (Å²) < 4.78 is 0. The summed E-state index contributed by atoms with van der Waals surface area (Å²) in [6.07, 6.45) is 5.21. The Hall–Kier alpha value is -1.32. The van der Waals surface area contributed by atoms with E-state index in [2.05, 4.69) is 22.2 Å². The normalized spacial score (nSPS) is 18.2. The predicted molar refractivity (Wildman–Crippen MR) is 52.3 cm³/mol. The van der Waals surface area contributed by atoms with Gasteiger partial charge in [0.2, 0.25) is 5.95 Å². The van der Waals surface area contributed by atoms with Gasteiger partial charge in [0.15, 0.2) is 0 Å². The molecule has 1 saturated carbocycles. The standard InChI is InChI=1S/C9H14N4/c1-2-9(4-5-9)13-8-11-6-3-7(10)12-8/h3,6H,2,4-5H2,1H3,(H3,10,11,12,13). The van der Waals surface area contributed by atoms with Crippen molar-refractivity contribution in [2.75, 3.05) is 11.1 Å². The topological polar surface area (TPSA) is 63.8 Å². The Labute approximate surface area is 77.6 Å². The molecule has 0 radical (unpaired) electrons. The molecule has 1 aromatic rings. The van der Waals surface area contributed by atoms with Crippen molar-refractivity contribution in [2.45, 2.75) is 31.7 Å². The van der Waals surface area contributed by atoms with E-state index in [4.69, 9.17) is 5.73 Å². The fourth-order valence-corrected chi connectivity index (χ4v) is 1.39. The number of nitrogens with zero attached hydrogens (tertiary/aromatic N) is 2. The molecule has 4 nitrogen and oxygen atoms in total. The average Bonchev–Trinajstić information content (AvgIpc) is 2.86. The second kappa shape index (κ2) is 2.87. The Morgan fingerprint density at radius 2 is 2.38 bits per heavy atom. The number of nitrogen functional groups attached to an aromatic ring is 1. The van der Waals surface area contributed by atoms with Crippen LogP contribution in [0.15, 0.2) is 12.3 Å². The Bertz CT molecular complexity index is 306. The van der Waals surface area contributed by atoms with Crippen LogP contribution >= 0.6 is 0 Å². The number of nitrogens with one attached hydrogen (secondary N) is 1. The molecule has 1 aliphatic carbocycles. The van der Waals surface area contributed by atoms with Gasteiger partial charge in [-0.25, -0.2) is 4.98 Å². The summed E-state index contributed by atoms with van der Waals surface area (Å²) in [5, 5.41) is 3.32. The molecule has 1 aromatic heterocycles. The van der Waals surface area contributed by atoms with E-state index in [-0.39, 0.29) is 5.54 Å². The van der Waals surface area contributed by atoms with Gasteiger partial charge in [-0.05, 0) is 25.3 Å². The van der Waals surface area contributed by atoms with Gasteiger partial charge in [0.05, 0.1) is 0 Å². The Kier molecular flexibility index (Phi) is 1.83. The minimum Gasteiger partial charge on any atom is -0.384 e. The van der Waals surface area contributed by atoms with E-state index < -0.39 is 0 Å². The fourth-order valence-electron chi connectivity index (χ4n) is 1.39. The van der Waals surface area contributed by atoms with E-state index in [0.717, 1.165) is 6.42 Å². The molecule has 0 unspecified atom stereocenters. The average molecular weight is 178 g/mol. The molecule has 0 amide bonds. The second-order valence-corrected chi connectivity index (χ2v) is 3.56. The first-order chi connectivity index (χ1) is 6.24. The van der Waals surface area contributed by atoms with Crippen molar-refractivity contribution in [3.8, 4) is 0 Å². The number of hydrogen-bond acceptors (Lipinski definition) is 4. The first-order valence-electron chi connectivity index (χ1n) is 4.61. The maximum absolute atomic E-state index is 5.55. The molecule has 0 bridgehead atoms. The van der Waals surface area contributed by atoms with Gasteiger partial charge in [-0.1, -0.05) is 6.92 Å². The third-order valence-electron chi connectivity index (χ3n) is 2.58. The maximum Gasteiger partial charge on any atom is 0.225 e. The highest BCUT2D eigenvalue weighted by molar-refractivity contribution is 5.39. The van der Waals surface area contributed by atoms with Gasteiger partial charge in [0.25, 0.3) is 0 Å². The maximum atomic E-state index is 5.55. The Morgan fingerprint density at radius 1 is 1.62 bits per heavy atom. The van der Waals surface area contributed by atoms with Crippen molar-refractivity contribution in [1.82, 2.24) is 9.97 Å². The predicted octanol–water partition coefficient (Wildman–Crippen LogP) is 1.41. The monoisotopic (exact) mass is 178 g/mol. The molecule has 2 rings (SSSR count). The van der Waals surface area contributed by atoms with Gasteiger partial charge >= 0.3 is 0 Å². The second-order valence-electron chi connectivity index (χ2n) is 3.56. The highest BCUT2D eigenvalue weighted by Gasteiger charge is 2.41. The van der Waals surface area contributed by atoms with Crippen molar-refractivity contribution in [3.05, 3.63) is 12.3 Å². The van der Waals surface area contributed by atoms with E-state index in [9.17, 15) is 0 Å². The molecule has 0 spiro atoms. The van der Waals surface area contributed by atoms with Gasteiger partial charge in [0.1, 0.15) is 5.82 Å². The smallest absolute Gasteiger partial charge is 0.225 e. The lowest BCUT2D eigenvalue weighted by Gasteiger charge is -2.14. The lowest BCUT2D eigenvalue weighted by Crippen LogP contribution is -2.21. The number of anilines is 2. The summed E-state index contributed by atoms with van der Waals surface area (Å²) in [4.78, 5) is 8.21. The van der Waals surface area contributed by atoms with Crippen LogP contribution in [0.4, 0.5) is 11.8 Å². The molecule has 0 aromatic carbocycles. The van der Waals surface area contributed by atoms with E-state index >= 15 is 0 Å². The van der Waals surface area contributed by atoms with Gasteiger partial charge in [-0.15, -0.1) is 0 Å². The third kappa shape index (κ3) is 1.71. The molecule has 0 atom stereocenters. The molecule has 4 heteroatoms. The molecule has 70 valence electrons. The number of rotatable bonds is 3. The van der Waals surface area contributed by atoms with Crippen LogP contribution in [0.2, 0.25) is 0 Å². The van der Waals surface area contributed by atoms with Gasteiger partial charge in [-0.2, -0.15) is 4.98 Å². The summed E-state index contributed by atoms with van der Waals surface area (Å²) in [5.41, 5.74) is 5.81. The largest absolute Gasteiger partial charge is 0.384 e. The fraction of sp³-hybridized carbons (Fsp3) is 0.556. The van der Waals surface area contributed by atoms with E-state index in [1.807, 2.05) is 0 Å². The summed E-state index contributed by atoms with van der Waals surface area (Å²) >= 11 is 0. The number of nitrogens with two attached hydrogens (primary N) is 1. The van der Waals surface area contributed by atoms with E-state index in [0.29, 0.717) is 11.8 Å². The quantitative estimate of drug-likeness (QED) is 0.734. The number of aromatic nitrogens is 2. The van der Waals surface area contributed by atoms with Crippen molar-refractivity contribution in [3.63, 3.8) is 0 Å². The van der Waals surface area contributed by atoms with Crippen LogP contribution in [0.5, 0.6) is 0 Å². The zero-order valence-electron chi connectivity index (χ0n) is 7.75. The van der Waals surface area contributed by atoms with Crippen LogP contribution in [0.3, 0.4) is 0 Å². The Balaban J connectivity index is 2.09. The minimum atomic E-state index is 0.258. The van der Waals surface area contributed by atoms with Crippen molar-refractivity contribution in [1.29, 1.82) is 0 Å². The van der Waals surface area contributed by atoms with Crippen LogP contribution in [0.25, 0.3) is 0 Å². The molecular weight excluding hydrogens is 164 g/mol. The van der Waals surface area contributed by atoms with Crippen LogP contribution in [0, 0.1) is 0 Å².